The Hall–Kier alpha value is -2.55. The number of hydrogen-bond donors (Lipinski definition) is 0. The van der Waals surface area contributed by atoms with Crippen molar-refractivity contribution in [2.75, 3.05) is 20.2 Å². The van der Waals surface area contributed by atoms with Crippen molar-refractivity contribution < 1.29 is 9.15 Å². The molecule has 5 rings (SSSR count). The first-order valence-electron chi connectivity index (χ1n) is 10.0. The largest absolute Gasteiger partial charge is 0.496 e. The summed E-state index contributed by atoms with van der Waals surface area (Å²) in [5, 5.41) is 5.86. The molecule has 0 spiro atoms. The second kappa shape index (κ2) is 8.29. The average molecular weight is 439 g/mol. The molecule has 1 aliphatic rings. The van der Waals surface area contributed by atoms with E-state index in [0.29, 0.717) is 23.3 Å². The van der Waals surface area contributed by atoms with Crippen LogP contribution in [0, 0.1) is 4.84 Å². The number of likely N-dealkylation sites (tertiary alicyclic amines) is 1. The van der Waals surface area contributed by atoms with Gasteiger partial charge in [-0.3, -0.25) is 4.90 Å². The van der Waals surface area contributed by atoms with Crippen LogP contribution in [0.3, 0.4) is 0 Å². The molecule has 0 saturated carbocycles. The summed E-state index contributed by atoms with van der Waals surface area (Å²) in [7, 11) is 1.64. The van der Waals surface area contributed by atoms with Gasteiger partial charge in [-0.2, -0.15) is 0 Å². The molecule has 1 aliphatic heterocycles. The Balaban J connectivity index is 1.26. The highest BCUT2D eigenvalue weighted by atomic mass is 32.1. The van der Waals surface area contributed by atoms with Gasteiger partial charge >= 0.3 is 0 Å². The Kier molecular flexibility index (Phi) is 5.37. The predicted octanol–water partition coefficient (Wildman–Crippen LogP) is 5.33. The van der Waals surface area contributed by atoms with Crippen molar-refractivity contribution in [2.45, 2.75) is 25.4 Å². The molecule has 0 bridgehead atoms. The maximum Gasteiger partial charge on any atom is 0.288 e. The standard InChI is InChI=1S/C22H22N4O2S2/c1-27-18-8-4-2-6-16(18)20-24-26(22(29)28-20)14-25-12-10-15(11-13-25)21-23-17-7-3-5-9-19(17)30-21/h2-9,15H,10-14H2,1H3. The van der Waals surface area contributed by atoms with E-state index in [-0.39, 0.29) is 0 Å². The summed E-state index contributed by atoms with van der Waals surface area (Å²) in [6, 6.07) is 16.0. The first-order valence-corrected chi connectivity index (χ1v) is 11.2. The molecule has 1 saturated heterocycles. The molecular weight excluding hydrogens is 416 g/mol. The van der Waals surface area contributed by atoms with E-state index in [1.54, 1.807) is 11.8 Å². The Morgan fingerprint density at radius 1 is 1.13 bits per heavy atom. The highest BCUT2D eigenvalue weighted by Gasteiger charge is 2.24. The lowest BCUT2D eigenvalue weighted by molar-refractivity contribution is 0.159. The predicted molar refractivity (Wildman–Crippen MR) is 120 cm³/mol. The van der Waals surface area contributed by atoms with Crippen LogP contribution in [0.4, 0.5) is 0 Å². The van der Waals surface area contributed by atoms with Crippen LogP contribution in [-0.4, -0.2) is 39.9 Å². The smallest absolute Gasteiger partial charge is 0.288 e. The fourth-order valence-electron chi connectivity index (χ4n) is 3.90. The number of thiazole rings is 1. The highest BCUT2D eigenvalue weighted by Crippen LogP contribution is 2.34. The third kappa shape index (κ3) is 3.78. The third-order valence-electron chi connectivity index (χ3n) is 5.52. The summed E-state index contributed by atoms with van der Waals surface area (Å²) in [6.07, 6.45) is 2.18. The minimum absolute atomic E-state index is 0.379. The van der Waals surface area contributed by atoms with Crippen LogP contribution in [-0.2, 0) is 6.67 Å². The molecule has 2 aromatic heterocycles. The fourth-order valence-corrected chi connectivity index (χ4v) is 5.22. The molecule has 30 heavy (non-hydrogen) atoms. The van der Waals surface area contributed by atoms with E-state index in [1.807, 2.05) is 35.6 Å². The Morgan fingerprint density at radius 3 is 2.70 bits per heavy atom. The zero-order valence-electron chi connectivity index (χ0n) is 16.7. The van der Waals surface area contributed by atoms with Crippen molar-refractivity contribution in [3.05, 3.63) is 58.4 Å². The van der Waals surface area contributed by atoms with Crippen molar-refractivity contribution in [1.82, 2.24) is 19.7 Å². The third-order valence-corrected chi connectivity index (χ3v) is 7.02. The van der Waals surface area contributed by atoms with Crippen LogP contribution < -0.4 is 4.74 Å². The molecule has 154 valence electrons. The summed E-state index contributed by atoms with van der Waals surface area (Å²) in [6.45, 7) is 2.60. The van der Waals surface area contributed by atoms with E-state index in [0.717, 1.165) is 42.8 Å². The molecule has 0 amide bonds. The molecule has 0 N–H and O–H groups in total. The van der Waals surface area contributed by atoms with Crippen LogP contribution in [0.5, 0.6) is 5.75 Å². The van der Waals surface area contributed by atoms with Crippen molar-refractivity contribution in [3.8, 4) is 17.2 Å². The van der Waals surface area contributed by atoms with Crippen LogP contribution in [0.1, 0.15) is 23.8 Å². The molecular formula is C22H22N4O2S2. The first-order chi connectivity index (χ1) is 14.7. The Bertz CT molecular complexity index is 1190. The van der Waals surface area contributed by atoms with Gasteiger partial charge in [-0.25, -0.2) is 9.67 Å². The van der Waals surface area contributed by atoms with Crippen LogP contribution in [0.15, 0.2) is 52.9 Å². The van der Waals surface area contributed by atoms with Crippen molar-refractivity contribution in [1.29, 1.82) is 0 Å². The van der Waals surface area contributed by atoms with Crippen LogP contribution in [0.25, 0.3) is 21.7 Å². The molecule has 0 radical (unpaired) electrons. The monoisotopic (exact) mass is 438 g/mol. The summed E-state index contributed by atoms with van der Waals surface area (Å²) in [4.78, 5) is 7.60. The van der Waals surface area contributed by atoms with Gasteiger partial charge in [-0.05, 0) is 49.3 Å². The number of para-hydroxylation sites is 2. The zero-order valence-corrected chi connectivity index (χ0v) is 18.3. The van der Waals surface area contributed by atoms with Crippen molar-refractivity contribution in [2.24, 2.45) is 0 Å². The minimum atomic E-state index is 0.379. The molecule has 0 unspecified atom stereocenters. The van der Waals surface area contributed by atoms with Gasteiger partial charge in [-0.1, -0.05) is 24.3 Å². The first kappa shape index (κ1) is 19.4. The number of benzene rings is 2. The number of ether oxygens (including phenoxy) is 1. The fraction of sp³-hybridized carbons (Fsp3) is 0.318. The average Bonchev–Trinajstić information content (AvgIpc) is 3.38. The molecule has 4 aromatic rings. The van der Waals surface area contributed by atoms with Gasteiger partial charge in [0.15, 0.2) is 0 Å². The molecule has 6 nitrogen and oxygen atoms in total. The minimum Gasteiger partial charge on any atom is -0.496 e. The van der Waals surface area contributed by atoms with E-state index in [1.165, 1.54) is 9.71 Å². The Labute approximate surface area is 183 Å². The second-order valence-corrected chi connectivity index (χ2v) is 8.84. The summed E-state index contributed by atoms with van der Waals surface area (Å²) < 4.78 is 14.2. The zero-order chi connectivity index (χ0) is 20.5. The van der Waals surface area contributed by atoms with Gasteiger partial charge in [0.05, 0.1) is 34.6 Å². The number of aromatic nitrogens is 3. The van der Waals surface area contributed by atoms with E-state index in [2.05, 4.69) is 34.3 Å². The van der Waals surface area contributed by atoms with Gasteiger partial charge in [0.25, 0.3) is 10.7 Å². The Morgan fingerprint density at radius 2 is 1.90 bits per heavy atom. The van der Waals surface area contributed by atoms with E-state index < -0.39 is 0 Å². The summed E-state index contributed by atoms with van der Waals surface area (Å²) in [5.74, 6) is 1.73. The van der Waals surface area contributed by atoms with Gasteiger partial charge in [0, 0.05) is 19.0 Å². The van der Waals surface area contributed by atoms with E-state index in [9.17, 15) is 0 Å². The molecule has 0 atom stereocenters. The lowest BCUT2D eigenvalue weighted by atomic mass is 9.98. The van der Waals surface area contributed by atoms with E-state index in [4.69, 9.17) is 26.4 Å². The van der Waals surface area contributed by atoms with Gasteiger partial charge in [0.2, 0.25) is 0 Å². The molecule has 0 aliphatic carbocycles. The van der Waals surface area contributed by atoms with Crippen LogP contribution >= 0.6 is 23.6 Å². The normalized spacial score (nSPS) is 15.6. The van der Waals surface area contributed by atoms with Gasteiger partial charge < -0.3 is 9.15 Å². The SMILES string of the molecule is COc1ccccc1-c1nn(CN2CCC(c3nc4ccccc4s3)CC2)c(=S)o1. The lowest BCUT2D eigenvalue weighted by Gasteiger charge is -2.30. The molecule has 8 heteroatoms. The number of methoxy groups -OCH3 is 1. The number of rotatable bonds is 5. The number of fused-ring (bicyclic) bond motifs is 1. The number of piperidine rings is 1. The summed E-state index contributed by atoms with van der Waals surface area (Å²) >= 11 is 7.24. The summed E-state index contributed by atoms with van der Waals surface area (Å²) in [5.41, 5.74) is 1.91. The molecule has 3 heterocycles. The topological polar surface area (TPSA) is 56.3 Å². The van der Waals surface area contributed by atoms with Gasteiger partial charge in [-0.15, -0.1) is 16.4 Å². The number of nitrogens with zero attached hydrogens (tertiary/aromatic N) is 4. The molecule has 2 aromatic carbocycles. The van der Waals surface area contributed by atoms with Crippen molar-refractivity contribution >= 4 is 33.8 Å². The second-order valence-electron chi connectivity index (χ2n) is 7.43. The van der Waals surface area contributed by atoms with Crippen molar-refractivity contribution in [3.63, 3.8) is 0 Å². The van der Waals surface area contributed by atoms with Gasteiger partial charge in [0.1, 0.15) is 5.75 Å². The maximum absolute atomic E-state index is 5.76. The van der Waals surface area contributed by atoms with E-state index >= 15 is 0 Å². The molecule has 1 fully saturated rings. The lowest BCUT2D eigenvalue weighted by Crippen LogP contribution is -2.34. The maximum atomic E-state index is 5.76. The van der Waals surface area contributed by atoms with Crippen LogP contribution in [0.2, 0.25) is 0 Å². The highest BCUT2D eigenvalue weighted by molar-refractivity contribution is 7.71. The number of hydrogen-bond acceptors (Lipinski definition) is 7. The quantitative estimate of drug-likeness (QED) is 0.393.